The van der Waals surface area contributed by atoms with Crippen molar-refractivity contribution in [2.24, 2.45) is 0 Å². The van der Waals surface area contributed by atoms with Gasteiger partial charge in [-0.2, -0.15) is 0 Å². The molecule has 0 atom stereocenters. The molecule has 0 aliphatic carbocycles. The van der Waals surface area contributed by atoms with E-state index < -0.39 is 0 Å². The van der Waals surface area contributed by atoms with E-state index in [0.717, 1.165) is 28.6 Å². The molecule has 0 spiro atoms. The van der Waals surface area contributed by atoms with E-state index in [9.17, 15) is 0 Å². The van der Waals surface area contributed by atoms with E-state index in [1.165, 1.54) is 0 Å². The monoisotopic (exact) mass is 323 g/mol. The van der Waals surface area contributed by atoms with Crippen LogP contribution in [0.25, 0.3) is 11.5 Å². The Bertz CT molecular complexity index is 551. The fraction of sp³-hybridized carbons (Fsp3) is 0.429. The molecule has 1 aromatic carbocycles. The van der Waals surface area contributed by atoms with Crippen LogP contribution >= 0.6 is 15.9 Å². The lowest BCUT2D eigenvalue weighted by Gasteiger charge is -2.05. The average molecular weight is 324 g/mol. The molecule has 5 heteroatoms. The smallest absolute Gasteiger partial charge is 0.248 e. The highest BCUT2D eigenvalue weighted by Gasteiger charge is 2.11. The van der Waals surface area contributed by atoms with Crippen molar-refractivity contribution in [3.05, 3.63) is 34.1 Å². The number of nitrogens with zero attached hydrogens (tertiary/aromatic N) is 2. The number of aromatic nitrogens is 2. The molecule has 0 bridgehead atoms. The molecule has 2 aromatic rings. The maximum atomic E-state index is 5.70. The zero-order chi connectivity index (χ0) is 13.8. The number of hydrogen-bond donors (Lipinski definition) is 1. The van der Waals surface area contributed by atoms with E-state index in [-0.39, 0.29) is 0 Å². The normalized spacial score (nSPS) is 11.2. The van der Waals surface area contributed by atoms with E-state index in [1.807, 2.05) is 25.1 Å². The molecule has 0 fully saturated rings. The molecule has 102 valence electrons. The first-order valence-corrected chi connectivity index (χ1v) is 7.18. The Balaban J connectivity index is 2.10. The minimum absolute atomic E-state index is 0.467. The SMILES string of the molecule is Cc1ccc(Br)cc1-c1nnc(CCNC(C)C)o1. The molecule has 0 aliphatic rings. The number of rotatable bonds is 5. The Morgan fingerprint density at radius 1 is 1.32 bits per heavy atom. The first kappa shape index (κ1) is 14.2. The quantitative estimate of drug-likeness (QED) is 0.916. The van der Waals surface area contributed by atoms with Gasteiger partial charge in [0.1, 0.15) is 0 Å². The van der Waals surface area contributed by atoms with Crippen LogP contribution in [0.5, 0.6) is 0 Å². The molecule has 1 heterocycles. The number of hydrogen-bond acceptors (Lipinski definition) is 4. The summed E-state index contributed by atoms with van der Waals surface area (Å²) in [6.07, 6.45) is 0.748. The van der Waals surface area contributed by atoms with Crippen molar-refractivity contribution >= 4 is 15.9 Å². The molecule has 2 rings (SSSR count). The van der Waals surface area contributed by atoms with Crippen LogP contribution in [-0.2, 0) is 6.42 Å². The Morgan fingerprint density at radius 3 is 2.84 bits per heavy atom. The lowest BCUT2D eigenvalue weighted by atomic mass is 10.1. The number of benzene rings is 1. The molecule has 0 aliphatic heterocycles. The van der Waals surface area contributed by atoms with E-state index in [4.69, 9.17) is 4.42 Å². The predicted molar refractivity (Wildman–Crippen MR) is 79.0 cm³/mol. The van der Waals surface area contributed by atoms with Crippen molar-refractivity contribution in [2.75, 3.05) is 6.54 Å². The van der Waals surface area contributed by atoms with Crippen molar-refractivity contribution in [3.8, 4) is 11.5 Å². The third-order valence-corrected chi connectivity index (χ3v) is 3.28. The van der Waals surface area contributed by atoms with Crippen LogP contribution < -0.4 is 5.32 Å². The summed E-state index contributed by atoms with van der Waals surface area (Å²) in [5.74, 6) is 1.25. The lowest BCUT2D eigenvalue weighted by Crippen LogP contribution is -2.25. The van der Waals surface area contributed by atoms with Crippen molar-refractivity contribution in [1.29, 1.82) is 0 Å². The molecular weight excluding hydrogens is 306 g/mol. The van der Waals surface area contributed by atoms with Crippen LogP contribution in [0.3, 0.4) is 0 Å². The van der Waals surface area contributed by atoms with Crippen molar-refractivity contribution in [1.82, 2.24) is 15.5 Å². The molecule has 19 heavy (non-hydrogen) atoms. The van der Waals surface area contributed by atoms with Gasteiger partial charge >= 0.3 is 0 Å². The lowest BCUT2D eigenvalue weighted by molar-refractivity contribution is 0.484. The molecular formula is C14H18BrN3O. The van der Waals surface area contributed by atoms with E-state index in [0.29, 0.717) is 17.8 Å². The summed E-state index contributed by atoms with van der Waals surface area (Å²) in [7, 11) is 0. The van der Waals surface area contributed by atoms with Crippen LogP contribution in [0.1, 0.15) is 25.3 Å². The highest BCUT2D eigenvalue weighted by molar-refractivity contribution is 9.10. The number of halogens is 1. The highest BCUT2D eigenvalue weighted by atomic mass is 79.9. The van der Waals surface area contributed by atoms with Gasteiger partial charge in [0.05, 0.1) is 0 Å². The summed E-state index contributed by atoms with van der Waals surface area (Å²) in [4.78, 5) is 0. The second-order valence-corrected chi connectivity index (χ2v) is 5.73. The largest absolute Gasteiger partial charge is 0.421 e. The van der Waals surface area contributed by atoms with Gasteiger partial charge < -0.3 is 9.73 Å². The van der Waals surface area contributed by atoms with Crippen LogP contribution in [0.2, 0.25) is 0 Å². The maximum Gasteiger partial charge on any atom is 0.248 e. The Morgan fingerprint density at radius 2 is 2.11 bits per heavy atom. The molecule has 0 radical (unpaired) electrons. The highest BCUT2D eigenvalue weighted by Crippen LogP contribution is 2.25. The average Bonchev–Trinajstić information content (AvgIpc) is 2.80. The van der Waals surface area contributed by atoms with Crippen molar-refractivity contribution in [3.63, 3.8) is 0 Å². The predicted octanol–water partition coefficient (Wildman–Crippen LogP) is 3.35. The fourth-order valence-corrected chi connectivity index (χ4v) is 2.12. The van der Waals surface area contributed by atoms with Crippen LogP contribution in [-0.4, -0.2) is 22.8 Å². The zero-order valence-corrected chi connectivity index (χ0v) is 13.0. The minimum Gasteiger partial charge on any atom is -0.421 e. The summed E-state index contributed by atoms with van der Waals surface area (Å²) in [6, 6.07) is 6.50. The molecule has 1 N–H and O–H groups in total. The summed E-state index contributed by atoms with van der Waals surface area (Å²) in [5, 5.41) is 11.5. The van der Waals surface area contributed by atoms with Crippen LogP contribution in [0, 0.1) is 6.92 Å². The molecule has 0 saturated heterocycles. The van der Waals surface area contributed by atoms with Crippen molar-refractivity contribution in [2.45, 2.75) is 33.2 Å². The van der Waals surface area contributed by atoms with Crippen LogP contribution in [0.15, 0.2) is 27.1 Å². The fourth-order valence-electron chi connectivity index (χ4n) is 1.76. The van der Waals surface area contributed by atoms with Gasteiger partial charge in [-0.1, -0.05) is 35.8 Å². The van der Waals surface area contributed by atoms with E-state index in [2.05, 4.69) is 45.3 Å². The summed E-state index contributed by atoms with van der Waals surface area (Å²) < 4.78 is 6.71. The zero-order valence-electron chi connectivity index (χ0n) is 11.4. The first-order valence-electron chi connectivity index (χ1n) is 6.38. The molecule has 0 saturated carbocycles. The molecule has 0 amide bonds. The van der Waals surface area contributed by atoms with Crippen molar-refractivity contribution < 1.29 is 4.42 Å². The number of aryl methyl sites for hydroxylation is 1. The Hall–Kier alpha value is -1.20. The minimum atomic E-state index is 0.467. The van der Waals surface area contributed by atoms with Gasteiger partial charge in [0.25, 0.3) is 0 Å². The maximum absolute atomic E-state index is 5.70. The van der Waals surface area contributed by atoms with E-state index in [1.54, 1.807) is 0 Å². The van der Waals surface area contributed by atoms with Gasteiger partial charge in [-0.05, 0) is 24.6 Å². The third-order valence-electron chi connectivity index (χ3n) is 2.79. The van der Waals surface area contributed by atoms with Gasteiger partial charge in [-0.25, -0.2) is 0 Å². The van der Waals surface area contributed by atoms with E-state index >= 15 is 0 Å². The van der Waals surface area contributed by atoms with Gasteiger partial charge in [0, 0.05) is 29.0 Å². The second-order valence-electron chi connectivity index (χ2n) is 4.82. The van der Waals surface area contributed by atoms with Gasteiger partial charge in [-0.3, -0.25) is 0 Å². The van der Waals surface area contributed by atoms with Gasteiger partial charge in [-0.15, -0.1) is 10.2 Å². The summed E-state index contributed by atoms with van der Waals surface area (Å²) in [5.41, 5.74) is 2.10. The molecule has 1 aromatic heterocycles. The Labute approximate surface area is 121 Å². The van der Waals surface area contributed by atoms with Gasteiger partial charge in [0.2, 0.25) is 11.8 Å². The summed E-state index contributed by atoms with van der Waals surface area (Å²) >= 11 is 3.46. The third kappa shape index (κ3) is 3.88. The number of nitrogens with one attached hydrogen (secondary N) is 1. The standard InChI is InChI=1S/C14H18BrN3O/c1-9(2)16-7-6-13-17-18-14(19-13)12-8-11(15)5-4-10(12)3/h4-5,8-9,16H,6-7H2,1-3H3. The first-order chi connectivity index (χ1) is 9.06. The Kier molecular flexibility index (Phi) is 4.71. The molecule has 0 unspecified atom stereocenters. The topological polar surface area (TPSA) is 51.0 Å². The van der Waals surface area contributed by atoms with Crippen LogP contribution in [0.4, 0.5) is 0 Å². The van der Waals surface area contributed by atoms with Gasteiger partial charge in [0.15, 0.2) is 0 Å². The summed E-state index contributed by atoms with van der Waals surface area (Å²) in [6.45, 7) is 7.11. The second kappa shape index (κ2) is 6.30. The molecule has 4 nitrogen and oxygen atoms in total.